The van der Waals surface area contributed by atoms with E-state index < -0.39 is 0 Å². The molecule has 0 saturated carbocycles. The molecule has 2 aliphatic heterocycles. The standard InChI is InChI=1S/C31H35ClN4O2/c32-30-20-28(38-27-14-18-36(19-15-27)26-8-6-23(21-33)7-9-26)10-11-29(30)31(37)34-25-12-16-35(17-13-25)22-24-4-2-1-3-5-24/h2,4-11,20,25,27H,1,3,12-19,22H2,(H,34,37). The largest absolute Gasteiger partial charge is 0.490 e. The van der Waals surface area contributed by atoms with Crippen molar-refractivity contribution in [3.8, 4) is 11.8 Å². The lowest BCUT2D eigenvalue weighted by atomic mass is 10.0. The van der Waals surface area contributed by atoms with E-state index in [2.05, 4.69) is 39.4 Å². The normalized spacial score (nSPS) is 19.1. The number of halogens is 1. The molecule has 0 aromatic heterocycles. The van der Waals surface area contributed by atoms with Crippen LogP contribution in [0.3, 0.4) is 0 Å². The molecule has 6 nitrogen and oxygen atoms in total. The monoisotopic (exact) mass is 530 g/mol. The highest BCUT2D eigenvalue weighted by molar-refractivity contribution is 6.34. The van der Waals surface area contributed by atoms with E-state index in [9.17, 15) is 4.79 Å². The maximum atomic E-state index is 13.0. The van der Waals surface area contributed by atoms with E-state index in [0.717, 1.165) is 76.9 Å². The molecule has 2 aromatic carbocycles. The van der Waals surface area contributed by atoms with E-state index in [1.165, 1.54) is 5.57 Å². The molecule has 2 heterocycles. The minimum Gasteiger partial charge on any atom is -0.490 e. The molecular weight excluding hydrogens is 496 g/mol. The molecule has 0 unspecified atom stereocenters. The fourth-order valence-corrected chi connectivity index (χ4v) is 5.72. The zero-order valence-electron chi connectivity index (χ0n) is 21.7. The number of anilines is 1. The second kappa shape index (κ2) is 12.5. The maximum Gasteiger partial charge on any atom is 0.253 e. The highest BCUT2D eigenvalue weighted by Crippen LogP contribution is 2.27. The minimum atomic E-state index is -0.117. The highest BCUT2D eigenvalue weighted by atomic mass is 35.5. The number of hydrogen-bond acceptors (Lipinski definition) is 5. The van der Waals surface area contributed by atoms with E-state index in [4.69, 9.17) is 21.6 Å². The summed E-state index contributed by atoms with van der Waals surface area (Å²) in [6.45, 7) is 4.75. The SMILES string of the molecule is N#Cc1ccc(N2CCC(Oc3ccc(C(=O)NC4CCN(CC5=CCCC=C5)CC4)c(Cl)c3)CC2)cc1. The van der Waals surface area contributed by atoms with Crippen LogP contribution >= 0.6 is 11.6 Å². The van der Waals surface area contributed by atoms with Gasteiger partial charge in [0.15, 0.2) is 0 Å². The number of likely N-dealkylation sites (tertiary alicyclic amines) is 1. The molecule has 1 aliphatic carbocycles. The van der Waals surface area contributed by atoms with Gasteiger partial charge in [-0.3, -0.25) is 9.69 Å². The molecule has 5 rings (SSSR count). The van der Waals surface area contributed by atoms with Crippen molar-refractivity contribution >= 4 is 23.2 Å². The van der Waals surface area contributed by atoms with Gasteiger partial charge >= 0.3 is 0 Å². The summed E-state index contributed by atoms with van der Waals surface area (Å²) in [4.78, 5) is 17.7. The number of allylic oxidation sites excluding steroid dienone is 2. The number of benzene rings is 2. The lowest BCUT2D eigenvalue weighted by Crippen LogP contribution is -2.45. The van der Waals surface area contributed by atoms with Crippen molar-refractivity contribution in [3.05, 3.63) is 82.4 Å². The molecule has 1 amide bonds. The number of nitrogens with zero attached hydrogens (tertiary/aromatic N) is 3. The average molecular weight is 531 g/mol. The van der Waals surface area contributed by atoms with Crippen LogP contribution in [0.25, 0.3) is 0 Å². The summed E-state index contributed by atoms with van der Waals surface area (Å²) in [6, 6.07) is 15.4. The van der Waals surface area contributed by atoms with Gasteiger partial charge < -0.3 is 15.0 Å². The van der Waals surface area contributed by atoms with Crippen molar-refractivity contribution in [2.24, 2.45) is 0 Å². The Morgan fingerprint density at radius 2 is 1.79 bits per heavy atom. The van der Waals surface area contributed by atoms with Gasteiger partial charge in [0.05, 0.1) is 22.2 Å². The topological polar surface area (TPSA) is 68.6 Å². The van der Waals surface area contributed by atoms with Gasteiger partial charge in [-0.25, -0.2) is 0 Å². The predicted molar refractivity (Wildman–Crippen MR) is 152 cm³/mol. The van der Waals surface area contributed by atoms with Crippen LogP contribution < -0.4 is 15.0 Å². The van der Waals surface area contributed by atoms with Crippen molar-refractivity contribution in [1.29, 1.82) is 5.26 Å². The lowest BCUT2D eigenvalue weighted by molar-refractivity contribution is 0.0913. The van der Waals surface area contributed by atoms with Crippen molar-refractivity contribution in [3.63, 3.8) is 0 Å². The molecule has 1 N–H and O–H groups in total. The summed E-state index contributed by atoms with van der Waals surface area (Å²) in [5.41, 5.74) is 3.71. The van der Waals surface area contributed by atoms with Gasteiger partial charge in [-0.2, -0.15) is 5.26 Å². The Labute approximate surface area is 230 Å². The second-order valence-corrected chi connectivity index (χ2v) is 10.8. The Balaban J connectivity index is 1.07. The van der Waals surface area contributed by atoms with Gasteiger partial charge in [0, 0.05) is 57.3 Å². The smallest absolute Gasteiger partial charge is 0.253 e. The summed E-state index contributed by atoms with van der Waals surface area (Å²) < 4.78 is 6.21. The number of nitrogens with one attached hydrogen (secondary N) is 1. The number of hydrogen-bond donors (Lipinski definition) is 1. The average Bonchev–Trinajstić information content (AvgIpc) is 2.95. The van der Waals surface area contributed by atoms with Crippen LogP contribution in [0, 0.1) is 11.3 Å². The Kier molecular flexibility index (Phi) is 8.68. The van der Waals surface area contributed by atoms with E-state index in [1.54, 1.807) is 12.1 Å². The van der Waals surface area contributed by atoms with Crippen LogP contribution in [0.2, 0.25) is 5.02 Å². The molecule has 0 atom stereocenters. The van der Waals surface area contributed by atoms with Gasteiger partial charge in [0.25, 0.3) is 5.91 Å². The molecule has 2 saturated heterocycles. The third kappa shape index (κ3) is 6.78. The molecule has 0 radical (unpaired) electrons. The Morgan fingerprint density at radius 1 is 1.03 bits per heavy atom. The summed E-state index contributed by atoms with van der Waals surface area (Å²) in [5.74, 6) is 0.580. The summed E-state index contributed by atoms with van der Waals surface area (Å²) in [6.07, 6.45) is 12.9. The second-order valence-electron chi connectivity index (χ2n) is 10.4. The predicted octanol–water partition coefficient (Wildman–Crippen LogP) is 5.73. The number of carbonyl (C=O) groups is 1. The number of ether oxygens (including phenoxy) is 1. The molecule has 0 bridgehead atoms. The highest BCUT2D eigenvalue weighted by Gasteiger charge is 2.24. The van der Waals surface area contributed by atoms with Crippen molar-refractivity contribution in [2.45, 2.75) is 50.7 Å². The lowest BCUT2D eigenvalue weighted by Gasteiger charge is -2.34. The van der Waals surface area contributed by atoms with Gasteiger partial charge in [0.1, 0.15) is 11.9 Å². The van der Waals surface area contributed by atoms with Gasteiger partial charge in [-0.1, -0.05) is 29.8 Å². The molecule has 0 spiro atoms. The first-order valence-corrected chi connectivity index (χ1v) is 14.1. The fraction of sp³-hybridized carbons (Fsp3) is 0.419. The third-order valence-corrected chi connectivity index (χ3v) is 8.00. The Bertz CT molecular complexity index is 1220. The van der Waals surface area contributed by atoms with E-state index in [1.807, 2.05) is 30.3 Å². The van der Waals surface area contributed by atoms with E-state index in [-0.39, 0.29) is 18.1 Å². The van der Waals surface area contributed by atoms with Crippen LogP contribution in [0.5, 0.6) is 5.75 Å². The van der Waals surface area contributed by atoms with Crippen LogP contribution in [0.1, 0.15) is 54.4 Å². The number of rotatable bonds is 7. The van der Waals surface area contributed by atoms with Crippen LogP contribution in [-0.2, 0) is 0 Å². The van der Waals surface area contributed by atoms with Crippen molar-refractivity contribution < 1.29 is 9.53 Å². The molecule has 198 valence electrons. The van der Waals surface area contributed by atoms with Gasteiger partial charge in [-0.15, -0.1) is 0 Å². The van der Waals surface area contributed by atoms with E-state index in [0.29, 0.717) is 21.9 Å². The number of nitriles is 1. The molecular formula is C31H35ClN4O2. The molecule has 2 fully saturated rings. The molecule has 7 heteroatoms. The zero-order valence-corrected chi connectivity index (χ0v) is 22.5. The molecule has 38 heavy (non-hydrogen) atoms. The minimum absolute atomic E-state index is 0.102. The van der Waals surface area contributed by atoms with Crippen LogP contribution in [0.4, 0.5) is 5.69 Å². The van der Waals surface area contributed by atoms with E-state index >= 15 is 0 Å². The first-order valence-electron chi connectivity index (χ1n) is 13.7. The van der Waals surface area contributed by atoms with Crippen molar-refractivity contribution in [1.82, 2.24) is 10.2 Å². The summed E-state index contributed by atoms with van der Waals surface area (Å²) in [7, 11) is 0. The summed E-state index contributed by atoms with van der Waals surface area (Å²) in [5, 5.41) is 12.6. The van der Waals surface area contributed by atoms with Crippen molar-refractivity contribution in [2.75, 3.05) is 37.6 Å². The first-order chi connectivity index (χ1) is 18.6. The number of piperidine rings is 2. The van der Waals surface area contributed by atoms with Gasteiger partial charge in [-0.05, 0) is 73.7 Å². The fourth-order valence-electron chi connectivity index (χ4n) is 5.47. The third-order valence-electron chi connectivity index (χ3n) is 7.69. The van der Waals surface area contributed by atoms with Crippen LogP contribution in [0.15, 0.2) is 66.3 Å². The van der Waals surface area contributed by atoms with Crippen LogP contribution in [-0.4, -0.2) is 55.7 Å². The zero-order chi connectivity index (χ0) is 26.3. The number of amides is 1. The molecule has 3 aliphatic rings. The maximum absolute atomic E-state index is 13.0. The Morgan fingerprint density at radius 3 is 2.45 bits per heavy atom. The first kappa shape index (κ1) is 26.3. The number of carbonyl (C=O) groups excluding carboxylic acids is 1. The quantitative estimate of drug-likeness (QED) is 0.495. The Hall–Kier alpha value is -3.27. The summed E-state index contributed by atoms with van der Waals surface area (Å²) >= 11 is 6.53. The van der Waals surface area contributed by atoms with Gasteiger partial charge in [0.2, 0.25) is 0 Å². The molecule has 2 aromatic rings.